The number of allylic oxidation sites excluding steroid dienone is 8. The smallest absolute Gasteiger partial charge is 0.216 e. The van der Waals surface area contributed by atoms with Gasteiger partial charge in [0, 0.05) is 12.1 Å². The van der Waals surface area contributed by atoms with Gasteiger partial charge in [-0.25, -0.2) is 0 Å². The van der Waals surface area contributed by atoms with E-state index in [2.05, 4.69) is 67.4 Å². The Morgan fingerprint density at radius 1 is 0.432 bits per heavy atom. The molecular formula is C41H69NO2. The summed E-state index contributed by atoms with van der Waals surface area (Å²) in [5.74, 6) is 1.37. The molecule has 0 unspecified atom stereocenters. The quantitative estimate of drug-likeness (QED) is 0.0603. The van der Waals surface area contributed by atoms with Crippen LogP contribution >= 0.6 is 0 Å². The zero-order valence-electron chi connectivity index (χ0n) is 29.0. The molecule has 0 fully saturated rings. The Morgan fingerprint density at radius 3 is 1.16 bits per heavy atom. The van der Waals surface area contributed by atoms with Crippen LogP contribution in [0.15, 0.2) is 66.8 Å². The molecule has 0 atom stereocenters. The van der Waals surface area contributed by atoms with E-state index in [1.807, 2.05) is 18.2 Å². The van der Waals surface area contributed by atoms with E-state index in [1.54, 1.807) is 0 Å². The van der Waals surface area contributed by atoms with Gasteiger partial charge in [-0.3, -0.25) is 0 Å². The Kier molecular flexibility index (Phi) is 30.3. The van der Waals surface area contributed by atoms with Gasteiger partial charge in [-0.15, -0.1) is 0 Å². The van der Waals surface area contributed by atoms with Gasteiger partial charge >= 0.3 is 0 Å². The van der Waals surface area contributed by atoms with Crippen LogP contribution < -0.4 is 9.47 Å². The lowest BCUT2D eigenvalue weighted by molar-refractivity contribution is 0.269. The van der Waals surface area contributed by atoms with E-state index >= 15 is 0 Å². The van der Waals surface area contributed by atoms with Crippen molar-refractivity contribution in [3.8, 4) is 11.8 Å². The van der Waals surface area contributed by atoms with Crippen molar-refractivity contribution in [2.45, 2.75) is 168 Å². The first-order valence-electron chi connectivity index (χ1n) is 18.7. The summed E-state index contributed by atoms with van der Waals surface area (Å²) in [6, 6.07) is 5.85. The molecule has 0 aliphatic heterocycles. The summed E-state index contributed by atoms with van der Waals surface area (Å²) in [5.41, 5.74) is 0. The summed E-state index contributed by atoms with van der Waals surface area (Å²) < 4.78 is 11.8. The molecule has 0 saturated carbocycles. The Morgan fingerprint density at radius 2 is 0.773 bits per heavy atom. The molecule has 250 valence electrons. The first kappa shape index (κ1) is 39.7. The molecule has 0 aromatic carbocycles. The van der Waals surface area contributed by atoms with Crippen LogP contribution in [-0.2, 0) is 0 Å². The number of rotatable bonds is 32. The Bertz CT molecular complexity index is 776. The van der Waals surface area contributed by atoms with Gasteiger partial charge in [-0.05, 0) is 77.0 Å². The molecule has 0 N–H and O–H groups in total. The molecule has 1 aromatic rings. The van der Waals surface area contributed by atoms with Crippen molar-refractivity contribution < 1.29 is 9.47 Å². The Hall–Kier alpha value is -2.29. The zero-order chi connectivity index (χ0) is 31.4. The highest BCUT2D eigenvalue weighted by atomic mass is 16.5. The zero-order valence-corrected chi connectivity index (χ0v) is 29.0. The lowest BCUT2D eigenvalue weighted by Crippen LogP contribution is -2.02. The van der Waals surface area contributed by atoms with Crippen LogP contribution in [0.25, 0.3) is 0 Å². The van der Waals surface area contributed by atoms with Gasteiger partial charge in [0.1, 0.15) is 0 Å². The normalized spacial score (nSPS) is 12.0. The molecule has 0 spiro atoms. The molecule has 0 aliphatic carbocycles. The monoisotopic (exact) mass is 608 g/mol. The first-order valence-corrected chi connectivity index (χ1v) is 18.7. The summed E-state index contributed by atoms with van der Waals surface area (Å²) in [6.45, 7) is 5.99. The van der Waals surface area contributed by atoms with Crippen LogP contribution in [0.3, 0.4) is 0 Å². The summed E-state index contributed by atoms with van der Waals surface area (Å²) in [5, 5.41) is 0. The van der Waals surface area contributed by atoms with E-state index < -0.39 is 0 Å². The van der Waals surface area contributed by atoms with Crippen LogP contribution in [0, 0.1) is 0 Å². The van der Waals surface area contributed by atoms with Crippen LogP contribution in [0.1, 0.15) is 168 Å². The molecular weight excluding hydrogens is 538 g/mol. The van der Waals surface area contributed by atoms with Gasteiger partial charge in [-0.2, -0.15) is 4.98 Å². The average molecular weight is 608 g/mol. The second kappa shape index (κ2) is 33.6. The lowest BCUT2D eigenvalue weighted by Gasteiger charge is -2.08. The molecule has 3 heteroatoms. The highest BCUT2D eigenvalue weighted by Crippen LogP contribution is 2.16. The van der Waals surface area contributed by atoms with Crippen molar-refractivity contribution in [1.82, 2.24) is 4.98 Å². The highest BCUT2D eigenvalue weighted by Gasteiger charge is 2.01. The average Bonchev–Trinajstić information content (AvgIpc) is 3.04. The van der Waals surface area contributed by atoms with Crippen molar-refractivity contribution in [3.05, 3.63) is 66.8 Å². The molecule has 0 bridgehead atoms. The second-order valence-electron chi connectivity index (χ2n) is 12.2. The molecule has 0 saturated heterocycles. The van der Waals surface area contributed by atoms with Gasteiger partial charge < -0.3 is 9.47 Å². The summed E-state index contributed by atoms with van der Waals surface area (Å²) in [6.07, 6.45) is 48.8. The maximum Gasteiger partial charge on any atom is 0.216 e. The van der Waals surface area contributed by atoms with E-state index in [0.717, 1.165) is 38.9 Å². The number of hydrogen-bond acceptors (Lipinski definition) is 3. The van der Waals surface area contributed by atoms with Crippen LogP contribution in [0.4, 0.5) is 0 Å². The molecule has 44 heavy (non-hydrogen) atoms. The standard InChI is InChI=1S/C41H69NO2/c1-3-5-7-9-11-13-15-17-19-21-23-25-27-29-31-33-38-43-40-36-35-37-41(42-40)44-39-34-32-30-28-26-24-22-20-18-16-14-12-10-8-6-4-2/h11-14,17-20,35-37H,3-10,15-16,21-34,38-39H2,1-2H3/b13-11-,14-12-,19-17-,20-18-. The Labute approximate surface area is 273 Å². The van der Waals surface area contributed by atoms with E-state index in [-0.39, 0.29) is 0 Å². The third-order valence-corrected chi connectivity index (χ3v) is 7.89. The fourth-order valence-corrected chi connectivity index (χ4v) is 5.09. The fourth-order valence-electron chi connectivity index (χ4n) is 5.09. The second-order valence-corrected chi connectivity index (χ2v) is 12.2. The van der Waals surface area contributed by atoms with Crippen molar-refractivity contribution in [1.29, 1.82) is 0 Å². The molecule has 0 aliphatic rings. The lowest BCUT2D eigenvalue weighted by atomic mass is 10.1. The fraction of sp³-hybridized carbons (Fsp3) is 0.683. The SMILES string of the molecule is CCCCC/C=C\C/C=C\CCCCCCCCOc1cccc(OCCCCCCCC/C=C\C/C=C\CCCCC)n1. The summed E-state index contributed by atoms with van der Waals surface area (Å²) >= 11 is 0. The van der Waals surface area contributed by atoms with E-state index in [4.69, 9.17) is 9.47 Å². The minimum absolute atomic E-state index is 0.683. The molecule has 0 amide bonds. The number of nitrogens with zero attached hydrogens (tertiary/aromatic N) is 1. The first-order chi connectivity index (χ1) is 21.9. The van der Waals surface area contributed by atoms with E-state index in [0.29, 0.717) is 11.8 Å². The maximum atomic E-state index is 5.89. The number of aromatic nitrogens is 1. The minimum Gasteiger partial charge on any atom is -0.478 e. The number of ether oxygens (including phenoxy) is 2. The summed E-state index contributed by atoms with van der Waals surface area (Å²) in [7, 11) is 0. The number of unbranched alkanes of at least 4 members (excludes halogenated alkanes) is 18. The summed E-state index contributed by atoms with van der Waals surface area (Å²) in [4.78, 5) is 4.53. The van der Waals surface area contributed by atoms with Gasteiger partial charge in [0.25, 0.3) is 0 Å². The minimum atomic E-state index is 0.683. The molecule has 3 nitrogen and oxygen atoms in total. The van der Waals surface area contributed by atoms with Gasteiger partial charge in [0.15, 0.2) is 0 Å². The third-order valence-electron chi connectivity index (χ3n) is 7.89. The van der Waals surface area contributed by atoms with Crippen molar-refractivity contribution in [2.24, 2.45) is 0 Å². The molecule has 0 radical (unpaired) electrons. The van der Waals surface area contributed by atoms with Gasteiger partial charge in [0.2, 0.25) is 11.8 Å². The predicted octanol–water partition coefficient (Wildman–Crippen LogP) is 13.5. The number of hydrogen-bond donors (Lipinski definition) is 0. The van der Waals surface area contributed by atoms with Crippen LogP contribution in [-0.4, -0.2) is 18.2 Å². The van der Waals surface area contributed by atoms with Crippen molar-refractivity contribution in [3.63, 3.8) is 0 Å². The largest absolute Gasteiger partial charge is 0.478 e. The number of pyridine rings is 1. The van der Waals surface area contributed by atoms with Gasteiger partial charge in [0.05, 0.1) is 13.2 Å². The maximum absolute atomic E-state index is 5.89. The molecule has 1 rings (SSSR count). The van der Waals surface area contributed by atoms with Crippen molar-refractivity contribution >= 4 is 0 Å². The topological polar surface area (TPSA) is 31.4 Å². The van der Waals surface area contributed by atoms with Gasteiger partial charge in [-0.1, -0.05) is 146 Å². The molecule has 1 aromatic heterocycles. The third kappa shape index (κ3) is 28.5. The van der Waals surface area contributed by atoms with Crippen LogP contribution in [0.2, 0.25) is 0 Å². The van der Waals surface area contributed by atoms with Crippen LogP contribution in [0.5, 0.6) is 11.8 Å². The molecule has 1 heterocycles. The van der Waals surface area contributed by atoms with E-state index in [9.17, 15) is 0 Å². The highest BCUT2D eigenvalue weighted by molar-refractivity contribution is 5.19. The van der Waals surface area contributed by atoms with Crippen molar-refractivity contribution in [2.75, 3.05) is 13.2 Å². The Balaban J connectivity index is 1.90. The van der Waals surface area contributed by atoms with E-state index in [1.165, 1.54) is 128 Å². The predicted molar refractivity (Wildman–Crippen MR) is 194 cm³/mol.